The Labute approximate surface area is 114 Å². The first kappa shape index (κ1) is 14.4. The van der Waals surface area contributed by atoms with E-state index in [4.69, 9.17) is 10.5 Å². The first-order valence-electron chi connectivity index (χ1n) is 6.29. The Morgan fingerprint density at radius 3 is 2.80 bits per heavy atom. The number of amides is 1. The van der Waals surface area contributed by atoms with Gasteiger partial charge in [0.1, 0.15) is 0 Å². The largest absolute Gasteiger partial charge is 0.381 e. The van der Waals surface area contributed by atoms with E-state index >= 15 is 0 Å². The highest BCUT2D eigenvalue weighted by Gasteiger charge is 2.16. The third kappa shape index (κ3) is 3.53. The third-order valence-electron chi connectivity index (χ3n) is 2.95. The molecule has 0 aliphatic carbocycles. The predicted octanol–water partition coefficient (Wildman–Crippen LogP) is 0.603. The number of ether oxygens (including phenoxy) is 1. The van der Waals surface area contributed by atoms with Crippen molar-refractivity contribution in [2.45, 2.75) is 6.42 Å². The van der Waals surface area contributed by atoms with Gasteiger partial charge in [-0.2, -0.15) is 0 Å². The van der Waals surface area contributed by atoms with Gasteiger partial charge in [-0.05, 0) is 0 Å². The zero-order valence-electron chi connectivity index (χ0n) is 10.9. The molecule has 0 atom stereocenters. The fourth-order valence-corrected chi connectivity index (χ4v) is 1.86. The van der Waals surface area contributed by atoms with Gasteiger partial charge in [-0.15, -0.1) is 0 Å². The van der Waals surface area contributed by atoms with Crippen molar-refractivity contribution in [3.8, 4) is 0 Å². The van der Waals surface area contributed by atoms with Gasteiger partial charge >= 0.3 is 0 Å². The van der Waals surface area contributed by atoms with Crippen LogP contribution in [0.5, 0.6) is 0 Å². The zero-order chi connectivity index (χ0) is 14.5. The number of anilines is 2. The Hall–Kier alpha value is -1.96. The second-order valence-electron chi connectivity index (χ2n) is 4.36. The minimum Gasteiger partial charge on any atom is -0.381 e. The molecule has 0 unspecified atom stereocenters. The molecular formula is C12H16F2N4O2. The molecule has 0 saturated carbocycles. The van der Waals surface area contributed by atoms with E-state index in [9.17, 15) is 13.6 Å². The Morgan fingerprint density at radius 1 is 1.40 bits per heavy atom. The second-order valence-corrected chi connectivity index (χ2v) is 4.36. The van der Waals surface area contributed by atoms with Gasteiger partial charge in [0.15, 0.2) is 23.3 Å². The fourth-order valence-electron chi connectivity index (χ4n) is 1.86. The maximum Gasteiger partial charge on any atom is 0.224 e. The molecule has 1 amide bonds. The third-order valence-corrected chi connectivity index (χ3v) is 2.95. The predicted molar refractivity (Wildman–Crippen MR) is 69.1 cm³/mol. The molecule has 0 radical (unpaired) electrons. The van der Waals surface area contributed by atoms with E-state index in [1.807, 2.05) is 0 Å². The lowest BCUT2D eigenvalue weighted by atomic mass is 10.3. The summed E-state index contributed by atoms with van der Waals surface area (Å²) in [7, 11) is 0. The summed E-state index contributed by atoms with van der Waals surface area (Å²) in [6.07, 6.45) is 0.193. The number of nitrogens with two attached hydrogens (primary N) is 1. The topological polar surface area (TPSA) is 80.5 Å². The van der Waals surface area contributed by atoms with Gasteiger partial charge in [0.2, 0.25) is 5.91 Å². The van der Waals surface area contributed by atoms with E-state index in [0.29, 0.717) is 32.4 Å². The minimum atomic E-state index is -0.905. The smallest absolute Gasteiger partial charge is 0.224 e. The number of carbonyl (C=O) groups is 1. The van der Waals surface area contributed by atoms with E-state index in [-0.39, 0.29) is 30.5 Å². The average molecular weight is 286 g/mol. The summed E-state index contributed by atoms with van der Waals surface area (Å²) in [5.41, 5.74) is 5.26. The molecule has 1 aromatic rings. The molecule has 0 spiro atoms. The number of rotatable bonds is 4. The first-order valence-corrected chi connectivity index (χ1v) is 6.29. The summed E-state index contributed by atoms with van der Waals surface area (Å²) < 4.78 is 31.4. The van der Waals surface area contributed by atoms with E-state index in [2.05, 4.69) is 10.3 Å². The number of nitrogen functional groups attached to an aromatic ring is 1. The van der Waals surface area contributed by atoms with Gasteiger partial charge < -0.3 is 20.7 Å². The quantitative estimate of drug-likeness (QED) is 0.847. The van der Waals surface area contributed by atoms with Crippen molar-refractivity contribution in [3.05, 3.63) is 17.7 Å². The number of nitrogens with zero attached hydrogens (tertiary/aromatic N) is 2. The summed E-state index contributed by atoms with van der Waals surface area (Å²) in [6.45, 7) is 2.39. The van der Waals surface area contributed by atoms with E-state index in [1.54, 1.807) is 4.90 Å². The van der Waals surface area contributed by atoms with Crippen LogP contribution in [0, 0.1) is 11.6 Å². The second kappa shape index (κ2) is 6.47. The van der Waals surface area contributed by atoms with Crippen molar-refractivity contribution in [1.82, 2.24) is 9.88 Å². The molecule has 6 nitrogen and oxygen atoms in total. The SMILES string of the molecule is Nc1nc(NCCC(=O)N2CCOCC2)c(F)cc1F. The Bertz CT molecular complexity index is 493. The van der Waals surface area contributed by atoms with Crippen LogP contribution in [-0.4, -0.2) is 48.6 Å². The lowest BCUT2D eigenvalue weighted by molar-refractivity contribution is -0.134. The van der Waals surface area contributed by atoms with Crippen molar-refractivity contribution in [2.75, 3.05) is 43.9 Å². The molecule has 1 aromatic heterocycles. The van der Waals surface area contributed by atoms with Crippen LogP contribution in [0.25, 0.3) is 0 Å². The highest BCUT2D eigenvalue weighted by atomic mass is 19.1. The number of halogens is 2. The standard InChI is InChI=1S/C12H16F2N4O2/c13-8-7-9(14)12(17-11(8)15)16-2-1-10(19)18-3-5-20-6-4-18/h7H,1-6H2,(H3,15,16,17). The maximum atomic E-state index is 13.4. The van der Waals surface area contributed by atoms with Crippen LogP contribution in [0.15, 0.2) is 6.07 Å². The minimum absolute atomic E-state index is 0.0451. The number of nitrogens with one attached hydrogen (secondary N) is 1. The van der Waals surface area contributed by atoms with E-state index < -0.39 is 11.6 Å². The molecule has 2 heterocycles. The van der Waals surface area contributed by atoms with Gasteiger partial charge in [0.25, 0.3) is 0 Å². The summed E-state index contributed by atoms with van der Waals surface area (Å²) >= 11 is 0. The number of carbonyl (C=O) groups excluding carboxylic acids is 1. The van der Waals surface area contributed by atoms with Crippen molar-refractivity contribution in [2.24, 2.45) is 0 Å². The molecule has 0 aromatic carbocycles. The van der Waals surface area contributed by atoms with Crippen LogP contribution < -0.4 is 11.1 Å². The average Bonchev–Trinajstić information content (AvgIpc) is 2.45. The molecule has 1 fully saturated rings. The van der Waals surface area contributed by atoms with Crippen LogP contribution in [0.2, 0.25) is 0 Å². The van der Waals surface area contributed by atoms with Gasteiger partial charge in [-0.3, -0.25) is 4.79 Å². The molecule has 8 heteroatoms. The molecule has 3 N–H and O–H groups in total. The van der Waals surface area contributed by atoms with Crippen LogP contribution in [0.4, 0.5) is 20.4 Å². The number of hydrogen-bond acceptors (Lipinski definition) is 5. The molecule has 0 bridgehead atoms. The van der Waals surface area contributed by atoms with Gasteiger partial charge in [-0.1, -0.05) is 0 Å². The summed E-state index contributed by atoms with van der Waals surface area (Å²) in [6, 6.07) is 0.661. The molecule has 2 rings (SSSR count). The van der Waals surface area contributed by atoms with Gasteiger partial charge in [-0.25, -0.2) is 13.8 Å². The summed E-state index contributed by atoms with van der Waals surface area (Å²) in [5.74, 6) is -2.32. The molecule has 20 heavy (non-hydrogen) atoms. The molecule has 1 saturated heterocycles. The van der Waals surface area contributed by atoms with Crippen molar-refractivity contribution in [1.29, 1.82) is 0 Å². The summed E-state index contributed by atoms with van der Waals surface area (Å²) in [5, 5.41) is 2.64. The van der Waals surface area contributed by atoms with Crippen LogP contribution >= 0.6 is 0 Å². The maximum absolute atomic E-state index is 13.4. The van der Waals surface area contributed by atoms with E-state index in [1.165, 1.54) is 0 Å². The van der Waals surface area contributed by atoms with Crippen molar-refractivity contribution < 1.29 is 18.3 Å². The van der Waals surface area contributed by atoms with Crippen LogP contribution in [-0.2, 0) is 9.53 Å². The van der Waals surface area contributed by atoms with Crippen molar-refractivity contribution in [3.63, 3.8) is 0 Å². The Kier molecular flexibility index (Phi) is 4.67. The Balaban J connectivity index is 1.83. The number of pyridine rings is 1. The normalized spacial score (nSPS) is 15.2. The van der Waals surface area contributed by atoms with Crippen LogP contribution in [0.1, 0.15) is 6.42 Å². The molecule has 110 valence electrons. The van der Waals surface area contributed by atoms with Crippen molar-refractivity contribution >= 4 is 17.5 Å². The van der Waals surface area contributed by atoms with E-state index in [0.717, 1.165) is 0 Å². The first-order chi connectivity index (χ1) is 9.58. The lowest BCUT2D eigenvalue weighted by Gasteiger charge is -2.26. The summed E-state index contributed by atoms with van der Waals surface area (Å²) in [4.78, 5) is 17.1. The molecular weight excluding hydrogens is 270 g/mol. The van der Waals surface area contributed by atoms with Crippen LogP contribution in [0.3, 0.4) is 0 Å². The number of aromatic nitrogens is 1. The monoisotopic (exact) mass is 286 g/mol. The molecule has 1 aliphatic rings. The molecule has 1 aliphatic heterocycles. The van der Waals surface area contributed by atoms with Gasteiger partial charge in [0, 0.05) is 32.1 Å². The highest BCUT2D eigenvalue weighted by molar-refractivity contribution is 5.76. The van der Waals surface area contributed by atoms with Gasteiger partial charge in [0.05, 0.1) is 13.2 Å². The zero-order valence-corrected chi connectivity index (χ0v) is 10.9. The number of morpholine rings is 1. The lowest BCUT2D eigenvalue weighted by Crippen LogP contribution is -2.41. The fraction of sp³-hybridized carbons (Fsp3) is 0.500. The highest BCUT2D eigenvalue weighted by Crippen LogP contribution is 2.16. The Morgan fingerprint density at radius 2 is 2.10 bits per heavy atom. The number of hydrogen-bond donors (Lipinski definition) is 2.